The van der Waals surface area contributed by atoms with Gasteiger partial charge in [-0.2, -0.15) is 0 Å². The minimum Gasteiger partial charge on any atom is -0.319 e. The zero-order valence-electron chi connectivity index (χ0n) is 9.14. The largest absolute Gasteiger partial charge is 0.319 e. The number of amides is 1. The molecule has 2 heterocycles. The molecule has 0 fully saturated rings. The van der Waals surface area contributed by atoms with Crippen LogP contribution in [0.4, 0.5) is 5.69 Å². The maximum atomic E-state index is 11.8. The summed E-state index contributed by atoms with van der Waals surface area (Å²) in [5, 5.41) is 3.14. The summed E-state index contributed by atoms with van der Waals surface area (Å²) in [5.74, 6) is -0.269. The molecule has 0 aliphatic carbocycles. The van der Waals surface area contributed by atoms with Gasteiger partial charge in [0.2, 0.25) is 0 Å². The molecule has 0 radical (unpaired) electrons. The third kappa shape index (κ3) is 2.79. The number of aryl methyl sites for hydroxylation is 1. The first kappa shape index (κ1) is 11.5. The molecule has 1 amide bonds. The van der Waals surface area contributed by atoms with Gasteiger partial charge in [-0.1, -0.05) is 17.7 Å². The molecular formula is C12H10ClN3O. The number of nitrogens with zero attached hydrogens (tertiary/aromatic N) is 2. The number of nitrogens with one attached hydrogen (secondary N) is 1. The normalized spacial score (nSPS) is 10.0. The van der Waals surface area contributed by atoms with E-state index >= 15 is 0 Å². The molecule has 2 aromatic heterocycles. The van der Waals surface area contributed by atoms with E-state index in [0.29, 0.717) is 16.5 Å². The number of aromatic nitrogens is 2. The first-order valence-corrected chi connectivity index (χ1v) is 5.39. The van der Waals surface area contributed by atoms with Crippen LogP contribution < -0.4 is 5.32 Å². The molecule has 2 rings (SSSR count). The predicted octanol–water partition coefficient (Wildman–Crippen LogP) is 2.69. The quantitative estimate of drug-likeness (QED) is 0.830. The van der Waals surface area contributed by atoms with Gasteiger partial charge in [-0.25, -0.2) is 4.98 Å². The minimum absolute atomic E-state index is 0.269. The Balaban J connectivity index is 2.16. The first-order valence-electron chi connectivity index (χ1n) is 5.01. The summed E-state index contributed by atoms with van der Waals surface area (Å²) < 4.78 is 0. The van der Waals surface area contributed by atoms with Crippen LogP contribution in [0.2, 0.25) is 5.15 Å². The summed E-state index contributed by atoms with van der Waals surface area (Å²) in [4.78, 5) is 19.7. The molecule has 0 aliphatic heterocycles. The average Bonchev–Trinajstić information content (AvgIpc) is 2.35. The second-order valence-electron chi connectivity index (χ2n) is 3.50. The molecule has 0 aromatic carbocycles. The number of rotatable bonds is 2. The second-order valence-corrected chi connectivity index (χ2v) is 3.86. The Kier molecular flexibility index (Phi) is 3.35. The van der Waals surface area contributed by atoms with E-state index in [4.69, 9.17) is 11.6 Å². The first-order chi connectivity index (χ1) is 8.16. The monoisotopic (exact) mass is 247 g/mol. The molecule has 0 saturated carbocycles. The second kappa shape index (κ2) is 4.93. The highest BCUT2D eigenvalue weighted by atomic mass is 35.5. The SMILES string of the molecule is Cc1cc(NC(=O)c2ccccn2)cnc1Cl. The summed E-state index contributed by atoms with van der Waals surface area (Å²) in [6, 6.07) is 6.92. The molecular weight excluding hydrogens is 238 g/mol. The minimum atomic E-state index is -0.269. The van der Waals surface area contributed by atoms with Crippen LogP contribution in [0.5, 0.6) is 0 Å². The van der Waals surface area contributed by atoms with Crippen molar-refractivity contribution >= 4 is 23.2 Å². The van der Waals surface area contributed by atoms with Gasteiger partial charge < -0.3 is 5.32 Å². The Morgan fingerprint density at radius 1 is 1.35 bits per heavy atom. The van der Waals surface area contributed by atoms with Crippen molar-refractivity contribution < 1.29 is 4.79 Å². The maximum Gasteiger partial charge on any atom is 0.274 e. The van der Waals surface area contributed by atoms with E-state index in [2.05, 4.69) is 15.3 Å². The number of pyridine rings is 2. The highest BCUT2D eigenvalue weighted by Crippen LogP contribution is 2.16. The number of hydrogen-bond acceptors (Lipinski definition) is 3. The van der Waals surface area contributed by atoms with Gasteiger partial charge in [0.25, 0.3) is 5.91 Å². The van der Waals surface area contributed by atoms with Crippen molar-refractivity contribution in [3.05, 3.63) is 53.1 Å². The fraction of sp³-hybridized carbons (Fsp3) is 0.0833. The highest BCUT2D eigenvalue weighted by Gasteiger charge is 2.07. The number of halogens is 1. The van der Waals surface area contributed by atoms with Crippen LogP contribution in [-0.2, 0) is 0 Å². The van der Waals surface area contributed by atoms with Crippen molar-refractivity contribution in [1.82, 2.24) is 9.97 Å². The van der Waals surface area contributed by atoms with Crippen molar-refractivity contribution in [3.8, 4) is 0 Å². The van der Waals surface area contributed by atoms with E-state index in [1.165, 1.54) is 6.20 Å². The zero-order chi connectivity index (χ0) is 12.3. The predicted molar refractivity (Wildman–Crippen MR) is 66.2 cm³/mol. The van der Waals surface area contributed by atoms with E-state index in [1.807, 2.05) is 6.92 Å². The molecule has 1 N–H and O–H groups in total. The third-order valence-corrected chi connectivity index (χ3v) is 2.57. The van der Waals surface area contributed by atoms with Crippen molar-refractivity contribution in [2.45, 2.75) is 6.92 Å². The molecule has 0 unspecified atom stereocenters. The molecule has 86 valence electrons. The number of carbonyl (C=O) groups is 1. The number of anilines is 1. The van der Waals surface area contributed by atoms with Crippen LogP contribution >= 0.6 is 11.6 Å². The van der Waals surface area contributed by atoms with E-state index in [-0.39, 0.29) is 5.91 Å². The van der Waals surface area contributed by atoms with Gasteiger partial charge in [0, 0.05) is 6.20 Å². The Labute approximate surface area is 104 Å². The number of hydrogen-bond donors (Lipinski definition) is 1. The van der Waals surface area contributed by atoms with Crippen molar-refractivity contribution in [2.24, 2.45) is 0 Å². The van der Waals surface area contributed by atoms with Gasteiger partial charge in [0.15, 0.2) is 0 Å². The van der Waals surface area contributed by atoms with Crippen molar-refractivity contribution in [1.29, 1.82) is 0 Å². The zero-order valence-corrected chi connectivity index (χ0v) is 9.90. The lowest BCUT2D eigenvalue weighted by Crippen LogP contribution is -2.13. The van der Waals surface area contributed by atoms with Crippen LogP contribution in [-0.4, -0.2) is 15.9 Å². The van der Waals surface area contributed by atoms with E-state index in [9.17, 15) is 4.79 Å². The lowest BCUT2D eigenvalue weighted by Gasteiger charge is -2.05. The summed E-state index contributed by atoms with van der Waals surface area (Å²) in [6.07, 6.45) is 3.08. The van der Waals surface area contributed by atoms with Gasteiger partial charge in [-0.05, 0) is 30.7 Å². The summed E-state index contributed by atoms with van der Waals surface area (Å²) in [7, 11) is 0. The highest BCUT2D eigenvalue weighted by molar-refractivity contribution is 6.30. The van der Waals surface area contributed by atoms with Crippen LogP contribution in [0.3, 0.4) is 0 Å². The van der Waals surface area contributed by atoms with Crippen molar-refractivity contribution in [3.63, 3.8) is 0 Å². The standard InChI is InChI=1S/C12H10ClN3O/c1-8-6-9(7-15-11(8)13)16-12(17)10-4-2-3-5-14-10/h2-7H,1H3,(H,16,17). The Morgan fingerprint density at radius 2 is 2.18 bits per heavy atom. The third-order valence-electron chi connectivity index (χ3n) is 2.17. The number of carbonyl (C=O) groups excluding carboxylic acids is 1. The molecule has 17 heavy (non-hydrogen) atoms. The molecule has 0 aliphatic rings. The molecule has 2 aromatic rings. The van der Waals surface area contributed by atoms with E-state index in [1.54, 1.807) is 30.5 Å². The Morgan fingerprint density at radius 3 is 2.82 bits per heavy atom. The van der Waals surface area contributed by atoms with Gasteiger partial charge in [-0.15, -0.1) is 0 Å². The summed E-state index contributed by atoms with van der Waals surface area (Å²) >= 11 is 5.80. The smallest absolute Gasteiger partial charge is 0.274 e. The topological polar surface area (TPSA) is 54.9 Å². The lowest BCUT2D eigenvalue weighted by molar-refractivity contribution is 0.102. The van der Waals surface area contributed by atoms with Crippen molar-refractivity contribution in [2.75, 3.05) is 5.32 Å². The van der Waals surface area contributed by atoms with Crippen LogP contribution in [0, 0.1) is 6.92 Å². The fourth-order valence-corrected chi connectivity index (χ4v) is 1.42. The Hall–Kier alpha value is -1.94. The van der Waals surface area contributed by atoms with Gasteiger partial charge >= 0.3 is 0 Å². The van der Waals surface area contributed by atoms with Gasteiger partial charge in [0.1, 0.15) is 10.8 Å². The summed E-state index contributed by atoms with van der Waals surface area (Å²) in [6.45, 7) is 1.83. The van der Waals surface area contributed by atoms with Gasteiger partial charge in [0.05, 0.1) is 11.9 Å². The molecule has 0 spiro atoms. The van der Waals surface area contributed by atoms with Crippen LogP contribution in [0.25, 0.3) is 0 Å². The maximum absolute atomic E-state index is 11.8. The fourth-order valence-electron chi connectivity index (χ4n) is 1.32. The molecule has 0 bridgehead atoms. The summed E-state index contributed by atoms with van der Waals surface area (Å²) in [5.41, 5.74) is 1.77. The molecule has 5 heteroatoms. The average molecular weight is 248 g/mol. The molecule has 0 saturated heterocycles. The molecule has 0 atom stereocenters. The van der Waals surface area contributed by atoms with E-state index < -0.39 is 0 Å². The lowest BCUT2D eigenvalue weighted by atomic mass is 10.3. The van der Waals surface area contributed by atoms with E-state index in [0.717, 1.165) is 5.56 Å². The molecule has 4 nitrogen and oxygen atoms in total. The Bertz CT molecular complexity index is 543. The van der Waals surface area contributed by atoms with Gasteiger partial charge in [-0.3, -0.25) is 9.78 Å². The van der Waals surface area contributed by atoms with Crippen LogP contribution in [0.1, 0.15) is 16.1 Å². The van der Waals surface area contributed by atoms with Crippen LogP contribution in [0.15, 0.2) is 36.7 Å².